The maximum absolute atomic E-state index is 5.26. The van der Waals surface area contributed by atoms with Crippen LogP contribution in [-0.2, 0) is 6.54 Å². The molecule has 0 radical (unpaired) electrons. The van der Waals surface area contributed by atoms with E-state index in [1.807, 2.05) is 30.8 Å². The fourth-order valence-electron chi connectivity index (χ4n) is 1.41. The number of furan rings is 1. The Labute approximate surface area is 110 Å². The first-order valence-corrected chi connectivity index (χ1v) is 7.32. The highest BCUT2D eigenvalue weighted by molar-refractivity contribution is 8.01. The molecule has 0 aliphatic rings. The van der Waals surface area contributed by atoms with Gasteiger partial charge in [-0.25, -0.2) is 4.98 Å². The Morgan fingerprint density at radius 1 is 1.59 bits per heavy atom. The molecule has 0 fully saturated rings. The zero-order valence-corrected chi connectivity index (χ0v) is 11.6. The molecule has 0 amide bonds. The molecule has 0 aliphatic carbocycles. The van der Waals surface area contributed by atoms with Crippen LogP contribution in [0.5, 0.6) is 0 Å². The molecule has 2 rings (SSSR count). The zero-order valence-electron chi connectivity index (χ0n) is 9.97. The number of rotatable bonds is 6. The quantitative estimate of drug-likeness (QED) is 0.816. The maximum atomic E-state index is 5.26. The number of nitrogens with zero attached hydrogens (tertiary/aromatic N) is 1. The second-order valence-electron chi connectivity index (χ2n) is 3.89. The van der Waals surface area contributed by atoms with Gasteiger partial charge in [0.15, 0.2) is 0 Å². The Morgan fingerprint density at radius 3 is 3.12 bits per heavy atom. The Morgan fingerprint density at radius 2 is 2.47 bits per heavy atom. The smallest absolute Gasteiger partial charge is 0.150 e. The molecule has 0 saturated heterocycles. The number of thioether (sulfide) groups is 1. The number of thiazole rings is 1. The lowest BCUT2D eigenvalue weighted by atomic mass is 10.4. The van der Waals surface area contributed by atoms with Gasteiger partial charge in [-0.2, -0.15) is 0 Å². The van der Waals surface area contributed by atoms with Gasteiger partial charge in [-0.1, -0.05) is 18.7 Å². The zero-order chi connectivity index (χ0) is 12.1. The molecule has 0 bridgehead atoms. The van der Waals surface area contributed by atoms with Gasteiger partial charge in [-0.05, 0) is 19.1 Å². The highest BCUT2D eigenvalue weighted by Gasteiger charge is 2.07. The van der Waals surface area contributed by atoms with E-state index in [9.17, 15) is 0 Å². The van der Waals surface area contributed by atoms with E-state index >= 15 is 0 Å². The minimum absolute atomic E-state index is 0.510. The average Bonchev–Trinajstić information content (AvgIpc) is 2.90. The second-order valence-corrected chi connectivity index (χ2v) is 6.44. The van der Waals surface area contributed by atoms with Crippen LogP contribution in [0.1, 0.15) is 18.4 Å². The minimum Gasteiger partial charge on any atom is -0.468 e. The summed E-state index contributed by atoms with van der Waals surface area (Å²) < 4.78 is 6.41. The van der Waals surface area contributed by atoms with Gasteiger partial charge in [0.2, 0.25) is 0 Å². The van der Waals surface area contributed by atoms with E-state index < -0.39 is 0 Å². The molecule has 3 nitrogen and oxygen atoms in total. The normalized spacial score (nSPS) is 12.8. The molecule has 17 heavy (non-hydrogen) atoms. The number of hydrogen-bond acceptors (Lipinski definition) is 5. The molecule has 0 aliphatic heterocycles. The Bertz CT molecular complexity index is 439. The third-order valence-electron chi connectivity index (χ3n) is 2.21. The van der Waals surface area contributed by atoms with E-state index in [0.29, 0.717) is 5.25 Å². The summed E-state index contributed by atoms with van der Waals surface area (Å²) in [5, 5.41) is 5.98. The molecule has 5 heteroatoms. The number of hydrogen-bond donors (Lipinski definition) is 1. The molecule has 1 atom stereocenters. The van der Waals surface area contributed by atoms with Crippen molar-refractivity contribution in [2.75, 3.05) is 6.54 Å². The molecule has 2 aromatic rings. The lowest BCUT2D eigenvalue weighted by Gasteiger charge is -2.09. The third kappa shape index (κ3) is 4.18. The number of nitrogens with one attached hydrogen (secondary N) is 1. The molecule has 2 heterocycles. The van der Waals surface area contributed by atoms with Crippen LogP contribution < -0.4 is 5.32 Å². The van der Waals surface area contributed by atoms with E-state index in [0.717, 1.165) is 28.9 Å². The van der Waals surface area contributed by atoms with E-state index in [4.69, 9.17) is 4.42 Å². The van der Waals surface area contributed by atoms with Crippen molar-refractivity contribution in [1.29, 1.82) is 0 Å². The van der Waals surface area contributed by atoms with Crippen molar-refractivity contribution in [3.8, 4) is 0 Å². The summed E-state index contributed by atoms with van der Waals surface area (Å²) in [5.41, 5.74) is 1.10. The van der Waals surface area contributed by atoms with Gasteiger partial charge in [0.25, 0.3) is 0 Å². The van der Waals surface area contributed by atoms with E-state index in [2.05, 4.69) is 22.6 Å². The Hall–Kier alpha value is -0.780. The standard InChI is InChI=1S/C12H16N2OS2/c1-9-8-16-12(14-9)17-10(2)6-13-7-11-4-3-5-15-11/h3-5,8,10,13H,6-7H2,1-2H3. The van der Waals surface area contributed by atoms with Crippen LogP contribution in [0.3, 0.4) is 0 Å². The first-order chi connectivity index (χ1) is 8.24. The highest BCUT2D eigenvalue weighted by atomic mass is 32.2. The van der Waals surface area contributed by atoms with Crippen LogP contribution in [0.4, 0.5) is 0 Å². The SMILES string of the molecule is Cc1csc(SC(C)CNCc2ccco2)n1. The van der Waals surface area contributed by atoms with Gasteiger partial charge in [0, 0.05) is 22.9 Å². The van der Waals surface area contributed by atoms with Crippen molar-refractivity contribution in [2.45, 2.75) is 30.0 Å². The average molecular weight is 268 g/mol. The summed E-state index contributed by atoms with van der Waals surface area (Å²) in [6, 6.07) is 3.89. The summed E-state index contributed by atoms with van der Waals surface area (Å²) in [7, 11) is 0. The fourth-order valence-corrected chi connectivity index (χ4v) is 3.53. The van der Waals surface area contributed by atoms with Gasteiger partial charge in [0.05, 0.1) is 12.8 Å². The summed E-state index contributed by atoms with van der Waals surface area (Å²) in [6.07, 6.45) is 1.70. The first-order valence-electron chi connectivity index (χ1n) is 5.56. The predicted octanol–water partition coefficient (Wildman–Crippen LogP) is 3.31. The van der Waals surface area contributed by atoms with Gasteiger partial charge in [-0.15, -0.1) is 11.3 Å². The predicted molar refractivity (Wildman–Crippen MR) is 72.6 cm³/mol. The number of aryl methyl sites for hydroxylation is 1. The largest absolute Gasteiger partial charge is 0.468 e. The summed E-state index contributed by atoms with van der Waals surface area (Å²) in [6.45, 7) is 5.97. The van der Waals surface area contributed by atoms with Crippen LogP contribution in [-0.4, -0.2) is 16.8 Å². The highest BCUT2D eigenvalue weighted by Crippen LogP contribution is 2.26. The van der Waals surface area contributed by atoms with Crippen LogP contribution in [0.2, 0.25) is 0 Å². The molecule has 1 unspecified atom stereocenters. The van der Waals surface area contributed by atoms with Crippen molar-refractivity contribution < 1.29 is 4.42 Å². The molecule has 2 aromatic heterocycles. The topological polar surface area (TPSA) is 38.1 Å². The Balaban J connectivity index is 1.69. The maximum Gasteiger partial charge on any atom is 0.150 e. The molecule has 1 N–H and O–H groups in total. The molecule has 0 saturated carbocycles. The van der Waals surface area contributed by atoms with E-state index in [1.54, 1.807) is 17.6 Å². The van der Waals surface area contributed by atoms with Gasteiger partial charge in [-0.3, -0.25) is 0 Å². The van der Waals surface area contributed by atoms with Crippen LogP contribution in [0, 0.1) is 6.92 Å². The van der Waals surface area contributed by atoms with Crippen LogP contribution >= 0.6 is 23.1 Å². The van der Waals surface area contributed by atoms with Crippen molar-refractivity contribution >= 4 is 23.1 Å². The minimum atomic E-state index is 0.510. The lowest BCUT2D eigenvalue weighted by molar-refractivity contribution is 0.484. The van der Waals surface area contributed by atoms with Gasteiger partial charge in [0.1, 0.15) is 10.1 Å². The monoisotopic (exact) mass is 268 g/mol. The number of aromatic nitrogens is 1. The van der Waals surface area contributed by atoms with E-state index in [1.165, 1.54) is 0 Å². The third-order valence-corrected chi connectivity index (χ3v) is 4.40. The van der Waals surface area contributed by atoms with Crippen molar-refractivity contribution in [3.63, 3.8) is 0 Å². The van der Waals surface area contributed by atoms with Crippen LogP contribution in [0.15, 0.2) is 32.5 Å². The molecule has 0 aromatic carbocycles. The molecule has 0 spiro atoms. The van der Waals surface area contributed by atoms with Gasteiger partial charge >= 0.3 is 0 Å². The molecule has 92 valence electrons. The Kier molecular flexibility index (Phi) is 4.65. The lowest BCUT2D eigenvalue weighted by Crippen LogP contribution is -2.21. The van der Waals surface area contributed by atoms with Crippen molar-refractivity contribution in [3.05, 3.63) is 35.2 Å². The van der Waals surface area contributed by atoms with Crippen molar-refractivity contribution in [2.24, 2.45) is 0 Å². The molecular formula is C12H16N2OS2. The summed E-state index contributed by atoms with van der Waals surface area (Å²) in [5.74, 6) is 0.979. The fraction of sp³-hybridized carbons (Fsp3) is 0.417. The summed E-state index contributed by atoms with van der Waals surface area (Å²) in [4.78, 5) is 4.44. The summed E-state index contributed by atoms with van der Waals surface area (Å²) >= 11 is 3.53. The second kappa shape index (κ2) is 6.23. The van der Waals surface area contributed by atoms with E-state index in [-0.39, 0.29) is 0 Å². The van der Waals surface area contributed by atoms with Gasteiger partial charge < -0.3 is 9.73 Å². The van der Waals surface area contributed by atoms with Crippen LogP contribution in [0.25, 0.3) is 0 Å². The first kappa shape index (κ1) is 12.7. The van der Waals surface area contributed by atoms with Crippen molar-refractivity contribution in [1.82, 2.24) is 10.3 Å². The molecular weight excluding hydrogens is 252 g/mol.